The number of rotatable bonds is 12. The summed E-state index contributed by atoms with van der Waals surface area (Å²) in [5.41, 5.74) is 6.08. The number of benzene rings is 1. The Balaban J connectivity index is 1.96. The molecule has 1 atom stereocenters. The summed E-state index contributed by atoms with van der Waals surface area (Å²) < 4.78 is 5.66. The molecule has 0 saturated carbocycles. The molecule has 1 rings (SSSR count). The lowest BCUT2D eigenvalue weighted by atomic mass is 10.1. The van der Waals surface area contributed by atoms with Gasteiger partial charge in [0.15, 0.2) is 0 Å². The summed E-state index contributed by atoms with van der Waals surface area (Å²) in [6.07, 6.45) is 11.7. The van der Waals surface area contributed by atoms with E-state index in [0.717, 1.165) is 17.2 Å². The largest absolute Gasteiger partial charge is 0.492 e. The van der Waals surface area contributed by atoms with Crippen molar-refractivity contribution >= 4 is 11.6 Å². The van der Waals surface area contributed by atoms with E-state index in [9.17, 15) is 0 Å². The molecule has 0 saturated heterocycles. The van der Waals surface area contributed by atoms with Gasteiger partial charge >= 0.3 is 0 Å². The van der Waals surface area contributed by atoms with Crippen LogP contribution in [0.15, 0.2) is 24.3 Å². The van der Waals surface area contributed by atoms with Crippen LogP contribution in [0.2, 0.25) is 5.02 Å². The number of hydrogen-bond donors (Lipinski definition) is 1. The van der Waals surface area contributed by atoms with Gasteiger partial charge in [-0.1, -0.05) is 69.9 Å². The summed E-state index contributed by atoms with van der Waals surface area (Å²) in [5.74, 6) is 0.839. The Morgan fingerprint density at radius 2 is 1.52 bits per heavy atom. The molecular formula is C18H30ClNO. The standard InChI is InChI=1S/C18H30ClNO/c1-2-3-4-5-6-7-8-9-10-17(20)15-21-18-13-11-16(19)12-14-18/h11-14,17H,2-10,15,20H2,1H3. The van der Waals surface area contributed by atoms with Crippen LogP contribution in [0.4, 0.5) is 0 Å². The summed E-state index contributed by atoms with van der Waals surface area (Å²) in [7, 11) is 0. The van der Waals surface area contributed by atoms with Gasteiger partial charge in [-0.05, 0) is 30.7 Å². The molecule has 0 amide bonds. The Kier molecular flexibility index (Phi) is 10.4. The zero-order chi connectivity index (χ0) is 15.3. The molecule has 0 aliphatic heterocycles. The highest BCUT2D eigenvalue weighted by atomic mass is 35.5. The minimum Gasteiger partial charge on any atom is -0.492 e. The predicted octanol–water partition coefficient (Wildman–Crippen LogP) is 5.58. The molecule has 1 aromatic rings. The van der Waals surface area contributed by atoms with Gasteiger partial charge in [-0.3, -0.25) is 0 Å². The third kappa shape index (κ3) is 9.76. The maximum atomic E-state index is 6.08. The van der Waals surface area contributed by atoms with Gasteiger partial charge in [-0.25, -0.2) is 0 Å². The molecule has 0 radical (unpaired) electrons. The van der Waals surface area contributed by atoms with Gasteiger partial charge in [0, 0.05) is 11.1 Å². The molecule has 1 unspecified atom stereocenters. The number of hydrogen-bond acceptors (Lipinski definition) is 2. The number of nitrogens with two attached hydrogens (primary N) is 1. The Morgan fingerprint density at radius 1 is 0.952 bits per heavy atom. The Bertz CT molecular complexity index is 353. The van der Waals surface area contributed by atoms with E-state index in [2.05, 4.69) is 6.92 Å². The van der Waals surface area contributed by atoms with E-state index in [1.807, 2.05) is 24.3 Å². The lowest BCUT2D eigenvalue weighted by Crippen LogP contribution is -2.27. The monoisotopic (exact) mass is 311 g/mol. The van der Waals surface area contributed by atoms with Gasteiger partial charge in [0.2, 0.25) is 0 Å². The molecule has 0 spiro atoms. The van der Waals surface area contributed by atoms with Gasteiger partial charge < -0.3 is 10.5 Å². The van der Waals surface area contributed by atoms with Crippen molar-refractivity contribution in [1.82, 2.24) is 0 Å². The number of ether oxygens (including phenoxy) is 1. The van der Waals surface area contributed by atoms with Crippen LogP contribution in [0.25, 0.3) is 0 Å². The molecule has 21 heavy (non-hydrogen) atoms. The first-order valence-corrected chi connectivity index (χ1v) is 8.74. The van der Waals surface area contributed by atoms with Crippen LogP contribution in [0.3, 0.4) is 0 Å². The average molecular weight is 312 g/mol. The van der Waals surface area contributed by atoms with E-state index in [4.69, 9.17) is 22.1 Å². The van der Waals surface area contributed by atoms with Crippen LogP contribution in [-0.2, 0) is 0 Å². The molecule has 0 aliphatic carbocycles. The topological polar surface area (TPSA) is 35.2 Å². The number of unbranched alkanes of at least 4 members (excludes halogenated alkanes) is 7. The minimum absolute atomic E-state index is 0.126. The van der Waals surface area contributed by atoms with E-state index in [1.165, 1.54) is 51.4 Å². The third-order valence-electron chi connectivity index (χ3n) is 3.71. The Hall–Kier alpha value is -0.730. The van der Waals surface area contributed by atoms with Crippen LogP contribution in [-0.4, -0.2) is 12.6 Å². The highest BCUT2D eigenvalue weighted by Gasteiger charge is 2.04. The molecule has 0 bridgehead atoms. The second-order valence-electron chi connectivity index (χ2n) is 5.79. The summed E-state index contributed by atoms with van der Waals surface area (Å²) in [5, 5.41) is 0.727. The van der Waals surface area contributed by atoms with E-state index >= 15 is 0 Å². The van der Waals surface area contributed by atoms with Crippen molar-refractivity contribution in [2.24, 2.45) is 5.73 Å². The van der Waals surface area contributed by atoms with Crippen molar-refractivity contribution in [3.8, 4) is 5.75 Å². The average Bonchev–Trinajstić information content (AvgIpc) is 2.49. The lowest BCUT2D eigenvalue weighted by molar-refractivity contribution is 0.279. The normalized spacial score (nSPS) is 12.3. The first-order chi connectivity index (χ1) is 10.2. The third-order valence-corrected chi connectivity index (χ3v) is 3.96. The van der Waals surface area contributed by atoms with Crippen molar-refractivity contribution in [2.75, 3.05) is 6.61 Å². The molecule has 3 heteroatoms. The first kappa shape index (κ1) is 18.3. The fraction of sp³-hybridized carbons (Fsp3) is 0.667. The SMILES string of the molecule is CCCCCCCCCCC(N)COc1ccc(Cl)cc1. The summed E-state index contributed by atoms with van der Waals surface area (Å²) >= 11 is 5.83. The van der Waals surface area contributed by atoms with Crippen LogP contribution < -0.4 is 10.5 Å². The van der Waals surface area contributed by atoms with Gasteiger partial charge in [-0.15, -0.1) is 0 Å². The fourth-order valence-corrected chi connectivity index (χ4v) is 2.48. The Labute approximate surface area is 135 Å². The molecule has 2 N–H and O–H groups in total. The van der Waals surface area contributed by atoms with E-state index in [-0.39, 0.29) is 6.04 Å². The smallest absolute Gasteiger partial charge is 0.119 e. The quantitative estimate of drug-likeness (QED) is 0.512. The second-order valence-corrected chi connectivity index (χ2v) is 6.22. The van der Waals surface area contributed by atoms with Crippen molar-refractivity contribution in [1.29, 1.82) is 0 Å². The zero-order valence-corrected chi connectivity index (χ0v) is 14.1. The molecule has 120 valence electrons. The lowest BCUT2D eigenvalue weighted by Gasteiger charge is -2.13. The maximum Gasteiger partial charge on any atom is 0.119 e. The van der Waals surface area contributed by atoms with E-state index in [1.54, 1.807) is 0 Å². The summed E-state index contributed by atoms with van der Waals surface area (Å²) in [6.45, 7) is 2.84. The van der Waals surface area contributed by atoms with Gasteiger partial charge in [0.05, 0.1) is 0 Å². The maximum absolute atomic E-state index is 6.08. The van der Waals surface area contributed by atoms with Crippen molar-refractivity contribution in [3.63, 3.8) is 0 Å². The van der Waals surface area contributed by atoms with Crippen LogP contribution >= 0.6 is 11.6 Å². The molecule has 2 nitrogen and oxygen atoms in total. The first-order valence-electron chi connectivity index (χ1n) is 8.36. The molecular weight excluding hydrogens is 282 g/mol. The van der Waals surface area contributed by atoms with Crippen molar-refractivity contribution in [2.45, 2.75) is 70.8 Å². The predicted molar refractivity (Wildman–Crippen MR) is 92.1 cm³/mol. The second kappa shape index (κ2) is 11.9. The number of halogens is 1. The van der Waals surface area contributed by atoms with Crippen LogP contribution in [0.5, 0.6) is 5.75 Å². The fourth-order valence-electron chi connectivity index (χ4n) is 2.36. The molecule has 1 aromatic carbocycles. The highest BCUT2D eigenvalue weighted by molar-refractivity contribution is 6.30. The van der Waals surface area contributed by atoms with E-state index < -0.39 is 0 Å². The minimum atomic E-state index is 0.126. The van der Waals surface area contributed by atoms with Crippen LogP contribution in [0, 0.1) is 0 Å². The molecule has 0 heterocycles. The zero-order valence-electron chi connectivity index (χ0n) is 13.3. The van der Waals surface area contributed by atoms with Gasteiger partial charge in [0.1, 0.15) is 12.4 Å². The van der Waals surface area contributed by atoms with Crippen LogP contribution in [0.1, 0.15) is 64.7 Å². The summed E-state index contributed by atoms with van der Waals surface area (Å²) in [4.78, 5) is 0. The van der Waals surface area contributed by atoms with Gasteiger partial charge in [-0.2, -0.15) is 0 Å². The Morgan fingerprint density at radius 3 is 2.14 bits per heavy atom. The van der Waals surface area contributed by atoms with Gasteiger partial charge in [0.25, 0.3) is 0 Å². The van der Waals surface area contributed by atoms with Crippen molar-refractivity contribution < 1.29 is 4.74 Å². The molecule has 0 aliphatic rings. The molecule has 0 aromatic heterocycles. The van der Waals surface area contributed by atoms with E-state index in [0.29, 0.717) is 6.61 Å². The summed E-state index contributed by atoms with van der Waals surface area (Å²) in [6, 6.07) is 7.55. The van der Waals surface area contributed by atoms with Crippen molar-refractivity contribution in [3.05, 3.63) is 29.3 Å². The molecule has 0 fully saturated rings. The highest BCUT2D eigenvalue weighted by Crippen LogP contribution is 2.16.